The molecule has 0 spiro atoms. The summed E-state index contributed by atoms with van der Waals surface area (Å²) in [7, 11) is 1.67. The number of halogens is 1. The van der Waals surface area contributed by atoms with Gasteiger partial charge < -0.3 is 14.7 Å². The highest BCUT2D eigenvalue weighted by molar-refractivity contribution is 6.32. The van der Waals surface area contributed by atoms with E-state index in [1.165, 1.54) is 0 Å². The van der Waals surface area contributed by atoms with Crippen molar-refractivity contribution in [3.8, 4) is 6.07 Å². The number of hydrogen-bond donors (Lipinski definition) is 1. The quantitative estimate of drug-likeness (QED) is 0.906. The van der Waals surface area contributed by atoms with Crippen LogP contribution in [-0.4, -0.2) is 37.5 Å². The van der Waals surface area contributed by atoms with Crippen LogP contribution >= 0.6 is 11.6 Å². The maximum atomic E-state index is 9.40. The van der Waals surface area contributed by atoms with Crippen molar-refractivity contribution in [1.82, 2.24) is 0 Å². The van der Waals surface area contributed by atoms with Crippen LogP contribution in [0.3, 0.4) is 0 Å². The summed E-state index contributed by atoms with van der Waals surface area (Å²) in [5.74, 6) is 0. The van der Waals surface area contributed by atoms with Gasteiger partial charge in [-0.3, -0.25) is 0 Å². The van der Waals surface area contributed by atoms with Gasteiger partial charge in [-0.05, 0) is 24.6 Å². The van der Waals surface area contributed by atoms with Crippen LogP contribution in [0.4, 0.5) is 5.69 Å². The number of ether oxygens (including phenoxy) is 1. The standard InChI is InChI=1S/C13H15ClN2O2/c1-18-12-4-11(8-17)16(7-12)10-3-2-9(6-15)13(14)5-10/h2-3,5,11-12,17H,4,7-8H2,1H3/t11-,12+/m0/s1. The molecular weight excluding hydrogens is 252 g/mol. The van der Waals surface area contributed by atoms with E-state index in [0.29, 0.717) is 10.6 Å². The van der Waals surface area contributed by atoms with Gasteiger partial charge >= 0.3 is 0 Å². The maximum absolute atomic E-state index is 9.40. The topological polar surface area (TPSA) is 56.5 Å². The number of nitrogens with zero attached hydrogens (tertiary/aromatic N) is 2. The highest BCUT2D eigenvalue weighted by Crippen LogP contribution is 2.30. The molecule has 96 valence electrons. The first kappa shape index (κ1) is 13.2. The summed E-state index contributed by atoms with van der Waals surface area (Å²) in [4.78, 5) is 2.07. The second-order valence-corrected chi connectivity index (χ2v) is 4.77. The van der Waals surface area contributed by atoms with Crippen LogP contribution in [0, 0.1) is 11.3 Å². The molecule has 0 radical (unpaired) electrons. The molecule has 0 amide bonds. The molecule has 1 aromatic rings. The summed E-state index contributed by atoms with van der Waals surface area (Å²) in [6, 6.07) is 7.39. The fourth-order valence-electron chi connectivity index (χ4n) is 2.31. The van der Waals surface area contributed by atoms with E-state index in [0.717, 1.165) is 18.7 Å². The highest BCUT2D eigenvalue weighted by Gasteiger charge is 2.31. The number of methoxy groups -OCH3 is 1. The molecule has 2 rings (SSSR count). The minimum atomic E-state index is 0.0407. The third kappa shape index (κ3) is 2.44. The Bertz CT molecular complexity index is 473. The summed E-state index contributed by atoms with van der Waals surface area (Å²) in [6.45, 7) is 0.807. The van der Waals surface area contributed by atoms with E-state index in [-0.39, 0.29) is 18.8 Å². The van der Waals surface area contributed by atoms with Crippen LogP contribution in [-0.2, 0) is 4.74 Å². The van der Waals surface area contributed by atoms with E-state index < -0.39 is 0 Å². The van der Waals surface area contributed by atoms with Crippen LogP contribution in [0.25, 0.3) is 0 Å². The van der Waals surface area contributed by atoms with Gasteiger partial charge in [0.05, 0.1) is 29.3 Å². The molecule has 1 N–H and O–H groups in total. The van der Waals surface area contributed by atoms with Crippen LogP contribution in [0.1, 0.15) is 12.0 Å². The number of nitriles is 1. The van der Waals surface area contributed by atoms with Gasteiger partial charge in [0.15, 0.2) is 0 Å². The average molecular weight is 267 g/mol. The molecule has 4 nitrogen and oxygen atoms in total. The number of hydrogen-bond acceptors (Lipinski definition) is 4. The van der Waals surface area contributed by atoms with Gasteiger partial charge in [-0.15, -0.1) is 0 Å². The highest BCUT2D eigenvalue weighted by atomic mass is 35.5. The molecule has 0 saturated carbocycles. The molecule has 1 heterocycles. The monoisotopic (exact) mass is 266 g/mol. The van der Waals surface area contributed by atoms with E-state index in [1.807, 2.05) is 12.1 Å². The molecule has 5 heteroatoms. The number of anilines is 1. The Balaban J connectivity index is 2.25. The summed E-state index contributed by atoms with van der Waals surface area (Å²) in [6.07, 6.45) is 0.918. The molecule has 0 unspecified atom stereocenters. The Morgan fingerprint density at radius 3 is 2.94 bits per heavy atom. The summed E-state index contributed by atoms with van der Waals surface area (Å²) in [5, 5.41) is 18.7. The normalized spacial score (nSPS) is 23.1. The Kier molecular flexibility index (Phi) is 4.07. The van der Waals surface area contributed by atoms with Crippen molar-refractivity contribution in [2.45, 2.75) is 18.6 Å². The Morgan fingerprint density at radius 1 is 1.61 bits per heavy atom. The van der Waals surface area contributed by atoms with Crippen molar-refractivity contribution in [1.29, 1.82) is 5.26 Å². The predicted octanol–water partition coefficient (Wildman–Crippen LogP) is 1.80. The number of benzene rings is 1. The van der Waals surface area contributed by atoms with Crippen LogP contribution in [0.15, 0.2) is 18.2 Å². The zero-order valence-electron chi connectivity index (χ0n) is 10.1. The molecule has 0 aromatic heterocycles. The van der Waals surface area contributed by atoms with Crippen LogP contribution in [0.5, 0.6) is 0 Å². The van der Waals surface area contributed by atoms with Crippen molar-refractivity contribution in [2.24, 2.45) is 0 Å². The molecule has 1 aliphatic rings. The molecule has 1 aromatic carbocycles. The molecule has 2 atom stereocenters. The van der Waals surface area contributed by atoms with E-state index in [1.54, 1.807) is 19.2 Å². The second-order valence-electron chi connectivity index (χ2n) is 4.36. The van der Waals surface area contributed by atoms with E-state index in [4.69, 9.17) is 21.6 Å². The van der Waals surface area contributed by atoms with E-state index in [9.17, 15) is 5.11 Å². The van der Waals surface area contributed by atoms with Crippen molar-refractivity contribution in [2.75, 3.05) is 25.2 Å². The molecule has 1 aliphatic heterocycles. The molecule has 0 aliphatic carbocycles. The van der Waals surface area contributed by atoms with Crippen molar-refractivity contribution >= 4 is 17.3 Å². The van der Waals surface area contributed by atoms with Gasteiger partial charge in [-0.2, -0.15) is 5.26 Å². The van der Waals surface area contributed by atoms with Gasteiger partial charge in [0, 0.05) is 19.3 Å². The minimum absolute atomic E-state index is 0.0407. The molecule has 1 saturated heterocycles. The lowest BCUT2D eigenvalue weighted by atomic mass is 10.2. The van der Waals surface area contributed by atoms with Crippen LogP contribution < -0.4 is 4.90 Å². The number of aliphatic hydroxyl groups is 1. The van der Waals surface area contributed by atoms with Gasteiger partial charge in [0.1, 0.15) is 6.07 Å². The SMILES string of the molecule is CO[C@@H]1C[C@@H](CO)N(c2ccc(C#N)c(Cl)c2)C1. The smallest absolute Gasteiger partial charge is 0.101 e. The molecule has 18 heavy (non-hydrogen) atoms. The third-order valence-corrected chi connectivity index (χ3v) is 3.64. The Labute approximate surface area is 111 Å². The van der Waals surface area contributed by atoms with Crippen LogP contribution in [0.2, 0.25) is 5.02 Å². The Morgan fingerprint density at radius 2 is 2.39 bits per heavy atom. The van der Waals surface area contributed by atoms with Crippen molar-refractivity contribution < 1.29 is 9.84 Å². The van der Waals surface area contributed by atoms with Gasteiger partial charge in [-0.1, -0.05) is 11.6 Å². The fourth-order valence-corrected chi connectivity index (χ4v) is 2.52. The molecule has 1 fully saturated rings. The molecule has 0 bridgehead atoms. The van der Waals surface area contributed by atoms with E-state index in [2.05, 4.69) is 4.90 Å². The lowest BCUT2D eigenvalue weighted by Crippen LogP contribution is -2.32. The second kappa shape index (κ2) is 5.57. The maximum Gasteiger partial charge on any atom is 0.101 e. The zero-order valence-corrected chi connectivity index (χ0v) is 10.9. The number of aliphatic hydroxyl groups excluding tert-OH is 1. The van der Waals surface area contributed by atoms with Gasteiger partial charge in [0.2, 0.25) is 0 Å². The first-order valence-corrected chi connectivity index (χ1v) is 6.17. The van der Waals surface area contributed by atoms with Gasteiger partial charge in [-0.25, -0.2) is 0 Å². The lowest BCUT2D eigenvalue weighted by Gasteiger charge is -2.25. The minimum Gasteiger partial charge on any atom is -0.394 e. The third-order valence-electron chi connectivity index (χ3n) is 3.32. The van der Waals surface area contributed by atoms with E-state index >= 15 is 0 Å². The lowest BCUT2D eigenvalue weighted by molar-refractivity contribution is 0.115. The summed E-state index contributed by atoms with van der Waals surface area (Å²) in [5.41, 5.74) is 1.38. The fraction of sp³-hybridized carbons (Fsp3) is 0.462. The first-order chi connectivity index (χ1) is 8.69. The predicted molar refractivity (Wildman–Crippen MR) is 69.8 cm³/mol. The number of rotatable bonds is 3. The average Bonchev–Trinajstić information content (AvgIpc) is 2.82. The van der Waals surface area contributed by atoms with Crippen molar-refractivity contribution in [3.63, 3.8) is 0 Å². The molecular formula is C13H15ClN2O2. The Hall–Kier alpha value is -1.28. The zero-order chi connectivity index (χ0) is 13.1. The summed E-state index contributed by atoms with van der Waals surface area (Å²) < 4.78 is 5.33. The summed E-state index contributed by atoms with van der Waals surface area (Å²) >= 11 is 6.03. The first-order valence-electron chi connectivity index (χ1n) is 5.79. The van der Waals surface area contributed by atoms with Crippen molar-refractivity contribution in [3.05, 3.63) is 28.8 Å². The van der Waals surface area contributed by atoms with Gasteiger partial charge in [0.25, 0.3) is 0 Å². The largest absolute Gasteiger partial charge is 0.394 e.